The lowest BCUT2D eigenvalue weighted by Gasteiger charge is -2.31. The second-order valence-electron chi connectivity index (χ2n) is 7.03. The maximum atomic E-state index is 13.0. The zero-order valence-electron chi connectivity index (χ0n) is 15.5. The lowest BCUT2D eigenvalue weighted by atomic mass is 9.90. The monoisotopic (exact) mass is 392 g/mol. The van der Waals surface area contributed by atoms with Gasteiger partial charge in [-0.3, -0.25) is 9.48 Å². The maximum Gasteiger partial charge on any atom is 0.227 e. The summed E-state index contributed by atoms with van der Waals surface area (Å²) >= 11 is 0. The van der Waals surface area contributed by atoms with Gasteiger partial charge in [0.2, 0.25) is 5.91 Å². The number of benzene rings is 1. The van der Waals surface area contributed by atoms with E-state index in [4.69, 9.17) is 9.47 Å². The van der Waals surface area contributed by atoms with Crippen LogP contribution in [0.3, 0.4) is 0 Å². The third-order valence-corrected chi connectivity index (χ3v) is 5.11. The molecule has 8 heteroatoms. The van der Waals surface area contributed by atoms with Crippen LogP contribution in [0.5, 0.6) is 11.5 Å². The van der Waals surface area contributed by atoms with Crippen LogP contribution in [-0.2, 0) is 11.8 Å². The zero-order chi connectivity index (χ0) is 18.1. The molecule has 0 saturated carbocycles. The van der Waals surface area contributed by atoms with Crippen LogP contribution in [0.4, 0.5) is 0 Å². The van der Waals surface area contributed by atoms with Crippen LogP contribution >= 0.6 is 12.4 Å². The highest BCUT2D eigenvalue weighted by molar-refractivity contribution is 5.85. The van der Waals surface area contributed by atoms with E-state index in [2.05, 4.69) is 10.4 Å². The quantitative estimate of drug-likeness (QED) is 0.852. The minimum atomic E-state index is -0.162. The molecule has 1 N–H and O–H groups in total. The normalized spacial score (nSPS) is 23.6. The molecule has 1 aromatic heterocycles. The first kappa shape index (κ1) is 19.5. The molecule has 2 aliphatic heterocycles. The Bertz CT molecular complexity index is 797. The summed E-state index contributed by atoms with van der Waals surface area (Å²) in [5.41, 5.74) is 1.11. The minimum Gasteiger partial charge on any atom is -0.486 e. The molecule has 1 amide bonds. The number of ether oxygens (including phenoxy) is 2. The van der Waals surface area contributed by atoms with Crippen LogP contribution in [0.15, 0.2) is 36.7 Å². The molecule has 146 valence electrons. The number of carbonyl (C=O) groups excluding carboxylic acids is 1. The van der Waals surface area contributed by atoms with E-state index in [1.807, 2.05) is 50.8 Å². The Balaban J connectivity index is 0.00000210. The molecule has 3 atom stereocenters. The number of amides is 1. The van der Waals surface area contributed by atoms with Crippen LogP contribution in [0.25, 0.3) is 0 Å². The average molecular weight is 393 g/mol. The Kier molecular flexibility index (Phi) is 5.92. The number of aromatic nitrogens is 2. The zero-order valence-corrected chi connectivity index (χ0v) is 16.3. The highest BCUT2D eigenvalue weighted by Gasteiger charge is 2.37. The fraction of sp³-hybridized carbons (Fsp3) is 0.474. The van der Waals surface area contributed by atoms with E-state index >= 15 is 0 Å². The van der Waals surface area contributed by atoms with Gasteiger partial charge in [-0.25, -0.2) is 0 Å². The van der Waals surface area contributed by atoms with E-state index in [1.54, 1.807) is 9.58 Å². The summed E-state index contributed by atoms with van der Waals surface area (Å²) in [5.74, 6) is 1.70. The summed E-state index contributed by atoms with van der Waals surface area (Å²) in [6.45, 7) is 2.44. The van der Waals surface area contributed by atoms with Gasteiger partial charge in [-0.1, -0.05) is 12.1 Å². The van der Waals surface area contributed by atoms with Crippen LogP contribution in [-0.4, -0.2) is 60.0 Å². The topological polar surface area (TPSA) is 68.6 Å². The molecular weight excluding hydrogens is 368 g/mol. The summed E-state index contributed by atoms with van der Waals surface area (Å²) in [5, 5.41) is 7.58. The van der Waals surface area contributed by atoms with Gasteiger partial charge in [-0.2, -0.15) is 5.10 Å². The summed E-state index contributed by atoms with van der Waals surface area (Å²) in [6.07, 6.45) is 3.69. The van der Waals surface area contributed by atoms with Gasteiger partial charge in [0, 0.05) is 39.3 Å². The fourth-order valence-corrected chi connectivity index (χ4v) is 3.75. The van der Waals surface area contributed by atoms with Crippen molar-refractivity contribution in [3.05, 3.63) is 42.2 Å². The van der Waals surface area contributed by atoms with E-state index in [0.29, 0.717) is 19.7 Å². The number of fused-ring (bicyclic) bond motifs is 1. The first-order chi connectivity index (χ1) is 12.6. The predicted octanol–water partition coefficient (Wildman–Crippen LogP) is 1.44. The number of hydrogen-bond acceptors (Lipinski definition) is 5. The number of hydrogen-bond donors (Lipinski definition) is 1. The smallest absolute Gasteiger partial charge is 0.227 e. The molecule has 27 heavy (non-hydrogen) atoms. The van der Waals surface area contributed by atoms with Gasteiger partial charge in [0.1, 0.15) is 6.61 Å². The summed E-state index contributed by atoms with van der Waals surface area (Å²) in [4.78, 5) is 14.8. The number of rotatable bonds is 4. The van der Waals surface area contributed by atoms with Crippen molar-refractivity contribution in [2.45, 2.75) is 12.0 Å². The molecule has 7 nitrogen and oxygen atoms in total. The number of likely N-dealkylation sites (N-methyl/N-ethyl adjacent to an activating group) is 1. The third-order valence-electron chi connectivity index (χ3n) is 5.11. The van der Waals surface area contributed by atoms with Gasteiger partial charge in [-0.15, -0.1) is 12.4 Å². The third kappa shape index (κ3) is 4.04. The lowest BCUT2D eigenvalue weighted by molar-refractivity contribution is -0.135. The average Bonchev–Trinajstić information content (AvgIpc) is 3.29. The molecule has 0 aliphatic carbocycles. The van der Waals surface area contributed by atoms with Crippen molar-refractivity contribution in [3.8, 4) is 11.5 Å². The molecule has 0 radical (unpaired) electrons. The Morgan fingerprint density at radius 2 is 2.11 bits per heavy atom. The SMILES string of the molecule is CN(CC1COc2ccccc2O1)C(=O)[C@H]1CNC[C@@H]1c1cnn(C)c1.Cl. The van der Waals surface area contributed by atoms with E-state index in [-0.39, 0.29) is 36.3 Å². The van der Waals surface area contributed by atoms with Crippen molar-refractivity contribution in [1.82, 2.24) is 20.0 Å². The number of aryl methyl sites for hydroxylation is 1. The summed E-state index contributed by atoms with van der Waals surface area (Å²) in [7, 11) is 3.73. The van der Waals surface area contributed by atoms with Crippen molar-refractivity contribution in [3.63, 3.8) is 0 Å². The molecule has 1 fully saturated rings. The molecule has 3 heterocycles. The number of carbonyl (C=O) groups is 1. The van der Waals surface area contributed by atoms with E-state index in [1.165, 1.54) is 0 Å². The molecule has 0 spiro atoms. The standard InChI is InChI=1S/C19H24N4O3.ClH/c1-22(11-14-12-25-17-5-3-4-6-18(17)26-14)19(24)16-9-20-8-15(16)13-7-21-23(2)10-13;/h3-7,10,14-16,20H,8-9,11-12H2,1-2H3;1H/t14?,15-,16+;/m1./s1. The van der Waals surface area contributed by atoms with Crippen LogP contribution in [0.1, 0.15) is 11.5 Å². The molecule has 2 aromatic rings. The number of halogens is 1. The Labute approximate surface area is 165 Å². The first-order valence-corrected chi connectivity index (χ1v) is 8.94. The number of nitrogens with one attached hydrogen (secondary N) is 1. The molecule has 0 bridgehead atoms. The van der Waals surface area contributed by atoms with Crippen molar-refractivity contribution < 1.29 is 14.3 Å². The van der Waals surface area contributed by atoms with Crippen LogP contribution < -0.4 is 14.8 Å². The maximum absolute atomic E-state index is 13.0. The van der Waals surface area contributed by atoms with E-state index in [9.17, 15) is 4.79 Å². The second-order valence-corrected chi connectivity index (χ2v) is 7.03. The van der Waals surface area contributed by atoms with Gasteiger partial charge in [-0.05, 0) is 17.7 Å². The van der Waals surface area contributed by atoms with Crippen LogP contribution in [0.2, 0.25) is 0 Å². The first-order valence-electron chi connectivity index (χ1n) is 8.94. The molecule has 2 aliphatic rings. The molecule has 1 aromatic carbocycles. The Hall–Kier alpha value is -2.25. The van der Waals surface area contributed by atoms with Gasteiger partial charge in [0.05, 0.1) is 18.7 Å². The van der Waals surface area contributed by atoms with Gasteiger partial charge < -0.3 is 19.7 Å². The minimum absolute atomic E-state index is 0. The van der Waals surface area contributed by atoms with Crippen molar-refractivity contribution >= 4 is 18.3 Å². The Morgan fingerprint density at radius 1 is 1.33 bits per heavy atom. The van der Waals surface area contributed by atoms with E-state index in [0.717, 1.165) is 23.6 Å². The summed E-state index contributed by atoms with van der Waals surface area (Å²) < 4.78 is 13.5. The molecule has 4 rings (SSSR count). The predicted molar refractivity (Wildman–Crippen MR) is 104 cm³/mol. The van der Waals surface area contributed by atoms with Gasteiger partial charge in [0.15, 0.2) is 17.6 Å². The largest absolute Gasteiger partial charge is 0.486 e. The highest BCUT2D eigenvalue weighted by atomic mass is 35.5. The molecular formula is C19H25ClN4O3. The van der Waals surface area contributed by atoms with Crippen molar-refractivity contribution in [2.75, 3.05) is 33.3 Å². The van der Waals surface area contributed by atoms with Crippen molar-refractivity contribution in [1.29, 1.82) is 0 Å². The lowest BCUT2D eigenvalue weighted by Crippen LogP contribution is -2.44. The molecule has 1 saturated heterocycles. The molecule has 1 unspecified atom stereocenters. The van der Waals surface area contributed by atoms with Gasteiger partial charge in [0.25, 0.3) is 0 Å². The highest BCUT2D eigenvalue weighted by Crippen LogP contribution is 2.32. The van der Waals surface area contributed by atoms with Gasteiger partial charge >= 0.3 is 0 Å². The van der Waals surface area contributed by atoms with E-state index < -0.39 is 0 Å². The number of nitrogens with zero attached hydrogens (tertiary/aromatic N) is 3. The van der Waals surface area contributed by atoms with Crippen molar-refractivity contribution in [2.24, 2.45) is 13.0 Å². The fourth-order valence-electron chi connectivity index (χ4n) is 3.75. The number of para-hydroxylation sites is 2. The van der Waals surface area contributed by atoms with Crippen LogP contribution in [0, 0.1) is 5.92 Å². The second kappa shape index (κ2) is 8.19. The summed E-state index contributed by atoms with van der Waals surface area (Å²) in [6, 6.07) is 7.62. The Morgan fingerprint density at radius 3 is 2.85 bits per heavy atom.